The van der Waals surface area contributed by atoms with Gasteiger partial charge in [-0.05, 0) is 36.0 Å². The zero-order chi connectivity index (χ0) is 20.4. The van der Waals surface area contributed by atoms with E-state index in [0.717, 1.165) is 29.7 Å². The molecule has 0 saturated heterocycles. The fourth-order valence-corrected chi connectivity index (χ4v) is 4.75. The van der Waals surface area contributed by atoms with Crippen LogP contribution in [0, 0.1) is 11.8 Å². The van der Waals surface area contributed by atoms with E-state index in [1.54, 1.807) is 6.92 Å². The quantitative estimate of drug-likeness (QED) is 0.811. The van der Waals surface area contributed by atoms with E-state index in [1.165, 1.54) is 6.42 Å². The number of carbonyl (C=O) groups is 2. The van der Waals surface area contributed by atoms with E-state index in [9.17, 15) is 9.59 Å². The van der Waals surface area contributed by atoms with Crippen molar-refractivity contribution < 1.29 is 14.3 Å². The average Bonchev–Trinajstić information content (AvgIpc) is 2.68. The number of nitrogens with one attached hydrogen (secondary N) is 1. The van der Waals surface area contributed by atoms with Crippen LogP contribution in [0.1, 0.15) is 50.3 Å². The van der Waals surface area contributed by atoms with Crippen LogP contribution in [0.4, 0.5) is 10.5 Å². The second-order valence-corrected chi connectivity index (χ2v) is 8.17. The first-order valence-corrected chi connectivity index (χ1v) is 10.4. The summed E-state index contributed by atoms with van der Waals surface area (Å²) in [6.45, 7) is 4.01. The molecule has 4 rings (SSSR count). The summed E-state index contributed by atoms with van der Waals surface area (Å²) in [5.41, 5.74) is 2.83. The third kappa shape index (κ3) is 3.86. The molecule has 1 heterocycles. The highest BCUT2D eigenvalue weighted by Gasteiger charge is 2.45. The molecule has 2 unspecified atom stereocenters. The van der Waals surface area contributed by atoms with Gasteiger partial charge in [0.2, 0.25) is 5.91 Å². The van der Waals surface area contributed by atoms with Crippen LogP contribution in [-0.2, 0) is 16.1 Å². The lowest BCUT2D eigenvalue weighted by Gasteiger charge is -2.50. The van der Waals surface area contributed by atoms with Crippen molar-refractivity contribution in [2.45, 2.75) is 51.8 Å². The van der Waals surface area contributed by atoms with Gasteiger partial charge in [0.1, 0.15) is 6.61 Å². The maximum Gasteiger partial charge on any atom is 0.407 e. The standard InChI is InChI=1S/C24H28N2O3/c1-16-22(25-24(28)29-15-18-9-4-3-5-10-18)20-13-6-7-14-21(20)26(17(2)27)23(16)19-11-8-12-19/h3-7,9-10,13-14,16,19,22-23H,8,11-12,15H2,1-2H3,(H,25,28)/t16?,22-,23?/m1/s1. The number of alkyl carbamates (subject to hydrolysis) is 1. The molecule has 2 amide bonds. The summed E-state index contributed by atoms with van der Waals surface area (Å²) in [6.07, 6.45) is 3.04. The zero-order valence-electron chi connectivity index (χ0n) is 17.0. The Labute approximate surface area is 172 Å². The molecule has 1 fully saturated rings. The van der Waals surface area contributed by atoms with Gasteiger partial charge in [-0.1, -0.05) is 61.9 Å². The molecular weight excluding hydrogens is 364 g/mol. The molecule has 2 aromatic carbocycles. The first-order chi connectivity index (χ1) is 14.1. The summed E-state index contributed by atoms with van der Waals surface area (Å²) >= 11 is 0. The predicted octanol–water partition coefficient (Wildman–Crippen LogP) is 4.83. The highest BCUT2D eigenvalue weighted by atomic mass is 16.5. The number of para-hydroxylation sites is 1. The van der Waals surface area contributed by atoms with Crippen molar-refractivity contribution in [3.05, 3.63) is 65.7 Å². The van der Waals surface area contributed by atoms with E-state index in [4.69, 9.17) is 4.74 Å². The molecular formula is C24H28N2O3. The van der Waals surface area contributed by atoms with Crippen LogP contribution < -0.4 is 10.2 Å². The molecule has 0 spiro atoms. The molecule has 5 heteroatoms. The topological polar surface area (TPSA) is 58.6 Å². The Morgan fingerprint density at radius 2 is 1.76 bits per heavy atom. The number of anilines is 1. The average molecular weight is 392 g/mol. The van der Waals surface area contributed by atoms with Crippen LogP contribution in [0.2, 0.25) is 0 Å². The molecule has 2 aliphatic rings. The van der Waals surface area contributed by atoms with Gasteiger partial charge in [-0.25, -0.2) is 4.79 Å². The van der Waals surface area contributed by atoms with Crippen molar-refractivity contribution in [1.29, 1.82) is 0 Å². The first kappa shape index (κ1) is 19.5. The van der Waals surface area contributed by atoms with Gasteiger partial charge in [0.05, 0.1) is 6.04 Å². The van der Waals surface area contributed by atoms with Crippen LogP contribution in [0.5, 0.6) is 0 Å². The molecule has 0 aromatic heterocycles. The number of benzene rings is 2. The number of carbonyl (C=O) groups excluding carboxylic acids is 2. The molecule has 1 aliphatic heterocycles. The van der Waals surface area contributed by atoms with Crippen molar-refractivity contribution >= 4 is 17.7 Å². The molecule has 1 saturated carbocycles. The SMILES string of the molecule is CC(=O)N1c2ccccc2[C@H](NC(=O)OCc2ccccc2)C(C)C1C1CCC1. The molecule has 29 heavy (non-hydrogen) atoms. The second-order valence-electron chi connectivity index (χ2n) is 8.17. The van der Waals surface area contributed by atoms with E-state index in [2.05, 4.69) is 12.2 Å². The fourth-order valence-electron chi connectivity index (χ4n) is 4.75. The third-order valence-electron chi connectivity index (χ3n) is 6.35. The number of hydrogen-bond acceptors (Lipinski definition) is 3. The summed E-state index contributed by atoms with van der Waals surface area (Å²) in [7, 11) is 0. The van der Waals surface area contributed by atoms with Gasteiger partial charge >= 0.3 is 6.09 Å². The minimum atomic E-state index is -0.427. The molecule has 152 valence electrons. The van der Waals surface area contributed by atoms with Gasteiger partial charge in [0.15, 0.2) is 0 Å². The van der Waals surface area contributed by atoms with Crippen molar-refractivity contribution in [2.75, 3.05) is 4.90 Å². The summed E-state index contributed by atoms with van der Waals surface area (Å²) < 4.78 is 5.47. The molecule has 5 nitrogen and oxygen atoms in total. The second kappa shape index (κ2) is 8.27. The van der Waals surface area contributed by atoms with Crippen LogP contribution >= 0.6 is 0 Å². The Hall–Kier alpha value is -2.82. The van der Waals surface area contributed by atoms with Crippen LogP contribution in [0.3, 0.4) is 0 Å². The number of ether oxygens (including phenoxy) is 1. The highest BCUT2D eigenvalue weighted by molar-refractivity contribution is 5.94. The van der Waals surface area contributed by atoms with E-state index in [-0.39, 0.29) is 30.5 Å². The molecule has 1 N–H and O–H groups in total. The van der Waals surface area contributed by atoms with Crippen LogP contribution in [0.15, 0.2) is 54.6 Å². The Kier molecular flexibility index (Phi) is 5.56. The minimum absolute atomic E-state index is 0.0614. The van der Waals surface area contributed by atoms with E-state index in [1.807, 2.05) is 59.5 Å². The van der Waals surface area contributed by atoms with Gasteiger partial charge in [-0.15, -0.1) is 0 Å². The van der Waals surface area contributed by atoms with Crippen molar-refractivity contribution in [3.63, 3.8) is 0 Å². The Morgan fingerprint density at radius 1 is 1.07 bits per heavy atom. The summed E-state index contributed by atoms with van der Waals surface area (Å²) in [4.78, 5) is 27.1. The van der Waals surface area contributed by atoms with Crippen LogP contribution in [0.25, 0.3) is 0 Å². The monoisotopic (exact) mass is 392 g/mol. The fraction of sp³-hybridized carbons (Fsp3) is 0.417. The Morgan fingerprint density at radius 3 is 2.41 bits per heavy atom. The summed E-state index contributed by atoms with van der Waals surface area (Å²) in [6, 6.07) is 17.5. The zero-order valence-corrected chi connectivity index (χ0v) is 17.0. The van der Waals surface area contributed by atoms with Gasteiger partial charge in [-0.3, -0.25) is 4.79 Å². The Bertz CT molecular complexity index is 879. The molecule has 0 radical (unpaired) electrons. The lowest BCUT2D eigenvalue weighted by atomic mass is 9.69. The smallest absolute Gasteiger partial charge is 0.407 e. The summed E-state index contributed by atoms with van der Waals surface area (Å²) in [5.74, 6) is 0.640. The number of rotatable bonds is 4. The van der Waals surface area contributed by atoms with Gasteiger partial charge in [0, 0.05) is 24.6 Å². The van der Waals surface area contributed by atoms with E-state index in [0.29, 0.717) is 5.92 Å². The lowest BCUT2D eigenvalue weighted by molar-refractivity contribution is -0.118. The molecule has 2 aromatic rings. The van der Waals surface area contributed by atoms with Gasteiger partial charge in [-0.2, -0.15) is 0 Å². The number of amides is 2. The van der Waals surface area contributed by atoms with Crippen molar-refractivity contribution in [1.82, 2.24) is 5.32 Å². The number of nitrogens with zero attached hydrogens (tertiary/aromatic N) is 1. The predicted molar refractivity (Wildman–Crippen MR) is 112 cm³/mol. The Balaban J connectivity index is 1.57. The maximum absolute atomic E-state index is 12.6. The largest absolute Gasteiger partial charge is 0.445 e. The summed E-state index contributed by atoms with van der Waals surface area (Å²) in [5, 5.41) is 3.09. The maximum atomic E-state index is 12.6. The number of fused-ring (bicyclic) bond motifs is 1. The van der Waals surface area contributed by atoms with Gasteiger partial charge < -0.3 is 15.0 Å². The van der Waals surface area contributed by atoms with Crippen molar-refractivity contribution in [3.8, 4) is 0 Å². The normalized spacial score (nSPS) is 23.7. The van der Waals surface area contributed by atoms with Gasteiger partial charge in [0.25, 0.3) is 0 Å². The highest BCUT2D eigenvalue weighted by Crippen LogP contribution is 2.47. The third-order valence-corrected chi connectivity index (χ3v) is 6.35. The first-order valence-electron chi connectivity index (χ1n) is 10.4. The van der Waals surface area contributed by atoms with Crippen molar-refractivity contribution in [2.24, 2.45) is 11.8 Å². The molecule has 1 aliphatic carbocycles. The molecule has 0 bridgehead atoms. The van der Waals surface area contributed by atoms with Crippen LogP contribution in [-0.4, -0.2) is 18.0 Å². The molecule has 3 atom stereocenters. The minimum Gasteiger partial charge on any atom is -0.445 e. The van der Waals surface area contributed by atoms with E-state index < -0.39 is 6.09 Å². The van der Waals surface area contributed by atoms with E-state index >= 15 is 0 Å². The number of hydrogen-bond donors (Lipinski definition) is 1. The lowest BCUT2D eigenvalue weighted by Crippen LogP contribution is -2.56.